The van der Waals surface area contributed by atoms with Crippen LogP contribution >= 0.6 is 0 Å². The van der Waals surface area contributed by atoms with Gasteiger partial charge in [-0.1, -0.05) is 13.0 Å². The zero-order chi connectivity index (χ0) is 14.8. The third-order valence-corrected chi connectivity index (χ3v) is 4.31. The van der Waals surface area contributed by atoms with Crippen LogP contribution in [0.5, 0.6) is 0 Å². The van der Waals surface area contributed by atoms with Gasteiger partial charge in [0.1, 0.15) is 17.3 Å². The van der Waals surface area contributed by atoms with Gasteiger partial charge in [-0.05, 0) is 43.7 Å². The fourth-order valence-electron chi connectivity index (χ4n) is 2.70. The Bertz CT molecular complexity index is 476. The van der Waals surface area contributed by atoms with Crippen molar-refractivity contribution in [2.75, 3.05) is 11.9 Å². The average Bonchev–Trinajstić information content (AvgIpc) is 2.44. The van der Waals surface area contributed by atoms with Crippen LogP contribution in [0.4, 0.5) is 14.5 Å². The second kappa shape index (κ2) is 5.87. The molecule has 1 fully saturated rings. The Morgan fingerprint density at radius 3 is 2.40 bits per heavy atom. The van der Waals surface area contributed by atoms with Gasteiger partial charge in [-0.2, -0.15) is 0 Å². The van der Waals surface area contributed by atoms with Crippen LogP contribution in [0, 0.1) is 23.0 Å². The molecule has 3 nitrogen and oxygen atoms in total. The molecule has 0 aliphatic heterocycles. The third-order valence-electron chi connectivity index (χ3n) is 4.31. The van der Waals surface area contributed by atoms with Gasteiger partial charge in [0.05, 0.1) is 5.41 Å². The minimum atomic E-state index is -0.769. The molecule has 1 aliphatic rings. The lowest BCUT2D eigenvalue weighted by molar-refractivity contribution is -0.127. The smallest absolute Gasteiger partial charge is 0.232 e. The van der Waals surface area contributed by atoms with Crippen molar-refractivity contribution in [3.63, 3.8) is 0 Å². The van der Waals surface area contributed by atoms with Crippen LogP contribution in [0.2, 0.25) is 0 Å². The van der Waals surface area contributed by atoms with Crippen molar-refractivity contribution in [2.45, 2.75) is 32.6 Å². The predicted octanol–water partition coefficient (Wildman–Crippen LogP) is 3.06. The van der Waals surface area contributed by atoms with Crippen LogP contribution < -0.4 is 11.1 Å². The highest BCUT2D eigenvalue weighted by molar-refractivity contribution is 5.95. The van der Waals surface area contributed by atoms with E-state index in [0.717, 1.165) is 25.0 Å². The van der Waals surface area contributed by atoms with E-state index in [4.69, 9.17) is 5.73 Å². The van der Waals surface area contributed by atoms with E-state index in [2.05, 4.69) is 12.2 Å². The fourth-order valence-corrected chi connectivity index (χ4v) is 2.70. The summed E-state index contributed by atoms with van der Waals surface area (Å²) >= 11 is 0. The Kier molecular flexibility index (Phi) is 4.38. The van der Waals surface area contributed by atoms with Gasteiger partial charge < -0.3 is 11.1 Å². The van der Waals surface area contributed by atoms with E-state index < -0.39 is 17.0 Å². The summed E-state index contributed by atoms with van der Waals surface area (Å²) in [5.41, 5.74) is 4.67. The molecule has 2 rings (SSSR count). The summed E-state index contributed by atoms with van der Waals surface area (Å²) in [6.45, 7) is 2.33. The van der Waals surface area contributed by atoms with Crippen molar-refractivity contribution in [3.05, 3.63) is 29.8 Å². The first-order chi connectivity index (χ1) is 9.48. The van der Waals surface area contributed by atoms with Gasteiger partial charge in [-0.3, -0.25) is 4.79 Å². The second-order valence-corrected chi connectivity index (χ2v) is 5.72. The standard InChI is InChI=1S/C15H20F2N2O/c1-10-5-7-15(9-18,8-6-10)14(20)19-13-11(16)3-2-4-12(13)17/h2-4,10H,5-9,18H2,1H3,(H,19,20). The van der Waals surface area contributed by atoms with Crippen LogP contribution in [0.1, 0.15) is 32.6 Å². The highest BCUT2D eigenvalue weighted by atomic mass is 19.1. The molecule has 1 aliphatic carbocycles. The van der Waals surface area contributed by atoms with Crippen LogP contribution in [-0.2, 0) is 4.79 Å². The van der Waals surface area contributed by atoms with E-state index in [0.29, 0.717) is 18.8 Å². The molecule has 0 saturated heterocycles. The molecule has 0 radical (unpaired) electrons. The second-order valence-electron chi connectivity index (χ2n) is 5.72. The molecule has 0 spiro atoms. The molecule has 1 aromatic carbocycles. The topological polar surface area (TPSA) is 55.1 Å². The lowest BCUT2D eigenvalue weighted by Gasteiger charge is -2.37. The minimum absolute atomic E-state index is 0.196. The van der Waals surface area contributed by atoms with Crippen molar-refractivity contribution >= 4 is 11.6 Å². The molecule has 3 N–H and O–H groups in total. The molecule has 0 unspecified atom stereocenters. The highest BCUT2D eigenvalue weighted by Gasteiger charge is 2.40. The van der Waals surface area contributed by atoms with Crippen LogP contribution in [0.25, 0.3) is 0 Å². The first kappa shape index (κ1) is 14.9. The highest BCUT2D eigenvalue weighted by Crippen LogP contribution is 2.39. The summed E-state index contributed by atoms with van der Waals surface area (Å²) in [5, 5.41) is 2.39. The summed E-state index contributed by atoms with van der Waals surface area (Å²) in [6, 6.07) is 3.51. The zero-order valence-electron chi connectivity index (χ0n) is 11.6. The number of nitrogens with one attached hydrogen (secondary N) is 1. The van der Waals surface area contributed by atoms with Crippen molar-refractivity contribution < 1.29 is 13.6 Å². The quantitative estimate of drug-likeness (QED) is 0.895. The van der Waals surface area contributed by atoms with E-state index >= 15 is 0 Å². The van der Waals surface area contributed by atoms with E-state index in [-0.39, 0.29) is 18.1 Å². The Balaban J connectivity index is 2.18. The predicted molar refractivity (Wildman–Crippen MR) is 74.1 cm³/mol. The lowest BCUT2D eigenvalue weighted by atomic mass is 9.70. The largest absolute Gasteiger partial charge is 0.329 e. The molecule has 110 valence electrons. The first-order valence-corrected chi connectivity index (χ1v) is 6.94. The molecule has 0 heterocycles. The molecule has 5 heteroatoms. The number of carbonyl (C=O) groups is 1. The molecule has 0 aromatic heterocycles. The monoisotopic (exact) mass is 282 g/mol. The molecule has 1 amide bonds. The summed E-state index contributed by atoms with van der Waals surface area (Å²) < 4.78 is 27.2. The summed E-state index contributed by atoms with van der Waals surface area (Å²) in [4.78, 5) is 12.4. The van der Waals surface area contributed by atoms with Crippen molar-refractivity contribution in [3.8, 4) is 0 Å². The number of para-hydroxylation sites is 1. The van der Waals surface area contributed by atoms with E-state index in [9.17, 15) is 13.6 Å². The maximum Gasteiger partial charge on any atom is 0.232 e. The maximum atomic E-state index is 13.6. The molecule has 0 atom stereocenters. The van der Waals surface area contributed by atoms with Crippen LogP contribution in [0.3, 0.4) is 0 Å². The Morgan fingerprint density at radius 1 is 1.35 bits per heavy atom. The van der Waals surface area contributed by atoms with Gasteiger partial charge >= 0.3 is 0 Å². The van der Waals surface area contributed by atoms with E-state index in [1.165, 1.54) is 6.07 Å². The van der Waals surface area contributed by atoms with Gasteiger partial charge in [0.25, 0.3) is 0 Å². The Labute approximate surface area is 117 Å². The number of benzene rings is 1. The number of nitrogens with two attached hydrogens (primary N) is 1. The normalized spacial score (nSPS) is 26.3. The fraction of sp³-hybridized carbons (Fsp3) is 0.533. The van der Waals surface area contributed by atoms with Gasteiger partial charge in [-0.25, -0.2) is 8.78 Å². The van der Waals surface area contributed by atoms with Crippen LogP contribution in [-0.4, -0.2) is 12.5 Å². The Morgan fingerprint density at radius 2 is 1.90 bits per heavy atom. The molecule has 20 heavy (non-hydrogen) atoms. The van der Waals surface area contributed by atoms with E-state index in [1.54, 1.807) is 0 Å². The average molecular weight is 282 g/mol. The molecule has 0 bridgehead atoms. The molecule has 1 aromatic rings. The molecular weight excluding hydrogens is 262 g/mol. The number of rotatable bonds is 3. The van der Waals surface area contributed by atoms with Crippen molar-refractivity contribution in [1.82, 2.24) is 0 Å². The van der Waals surface area contributed by atoms with Gasteiger partial charge in [-0.15, -0.1) is 0 Å². The van der Waals surface area contributed by atoms with Crippen molar-refractivity contribution in [2.24, 2.45) is 17.1 Å². The lowest BCUT2D eigenvalue weighted by Crippen LogP contribution is -2.45. The van der Waals surface area contributed by atoms with Gasteiger partial charge in [0, 0.05) is 6.54 Å². The number of amides is 1. The Hall–Kier alpha value is -1.49. The number of hydrogen-bond acceptors (Lipinski definition) is 2. The van der Waals surface area contributed by atoms with Crippen LogP contribution in [0.15, 0.2) is 18.2 Å². The van der Waals surface area contributed by atoms with Crippen molar-refractivity contribution in [1.29, 1.82) is 0 Å². The number of carbonyl (C=O) groups excluding carboxylic acids is 1. The van der Waals surface area contributed by atoms with Gasteiger partial charge in [0.2, 0.25) is 5.91 Å². The van der Waals surface area contributed by atoms with Gasteiger partial charge in [0.15, 0.2) is 0 Å². The first-order valence-electron chi connectivity index (χ1n) is 6.94. The van der Waals surface area contributed by atoms with E-state index in [1.807, 2.05) is 0 Å². The minimum Gasteiger partial charge on any atom is -0.329 e. The summed E-state index contributed by atoms with van der Waals surface area (Å²) in [7, 11) is 0. The summed E-state index contributed by atoms with van der Waals surface area (Å²) in [5.74, 6) is -1.35. The summed E-state index contributed by atoms with van der Waals surface area (Å²) in [6.07, 6.45) is 3.13. The number of halogens is 2. The third kappa shape index (κ3) is 2.82. The maximum absolute atomic E-state index is 13.6. The SMILES string of the molecule is CC1CCC(CN)(C(=O)Nc2c(F)cccc2F)CC1. The number of anilines is 1. The zero-order valence-corrected chi connectivity index (χ0v) is 11.6. The molecule has 1 saturated carbocycles. The molecular formula is C15H20F2N2O. The number of hydrogen-bond donors (Lipinski definition) is 2.